The first-order chi connectivity index (χ1) is 16.4. The van der Waals surface area contributed by atoms with Crippen molar-refractivity contribution in [3.63, 3.8) is 0 Å². The van der Waals surface area contributed by atoms with Crippen molar-refractivity contribution in [2.24, 2.45) is 7.05 Å². The molecule has 0 spiro atoms. The summed E-state index contributed by atoms with van der Waals surface area (Å²) < 4.78 is 12.4. The van der Waals surface area contributed by atoms with E-state index >= 15 is 0 Å². The molecule has 1 saturated heterocycles. The largest absolute Gasteiger partial charge is 0.494 e. The van der Waals surface area contributed by atoms with Gasteiger partial charge in [0, 0.05) is 50.1 Å². The average Bonchev–Trinajstić information content (AvgIpc) is 3.32. The minimum atomic E-state index is -0.0908. The van der Waals surface area contributed by atoms with Crippen LogP contribution in [-0.2, 0) is 13.5 Å². The summed E-state index contributed by atoms with van der Waals surface area (Å²) in [5.74, 6) is 2.83. The van der Waals surface area contributed by atoms with Crippen molar-refractivity contribution in [2.75, 3.05) is 37.0 Å². The molecular weight excluding hydrogens is 432 g/mol. The summed E-state index contributed by atoms with van der Waals surface area (Å²) >= 11 is 0. The molecule has 0 radical (unpaired) electrons. The smallest absolute Gasteiger partial charge is 0.277 e. The predicted octanol–water partition coefficient (Wildman–Crippen LogP) is 3.21. The van der Waals surface area contributed by atoms with E-state index in [1.807, 2.05) is 39.0 Å². The minimum Gasteiger partial charge on any atom is -0.494 e. The zero-order chi connectivity index (χ0) is 24.2. The van der Waals surface area contributed by atoms with E-state index in [9.17, 15) is 4.79 Å². The lowest BCUT2D eigenvalue weighted by Crippen LogP contribution is -2.32. The van der Waals surface area contributed by atoms with Crippen molar-refractivity contribution >= 4 is 11.5 Å². The highest BCUT2D eigenvalue weighted by molar-refractivity contribution is 5.62. The number of methoxy groups -OCH3 is 1. The number of hydrogen-bond acceptors (Lipinski definition) is 8. The fourth-order valence-corrected chi connectivity index (χ4v) is 4.30. The number of anilines is 2. The highest BCUT2D eigenvalue weighted by Crippen LogP contribution is 2.26. The molecule has 4 heterocycles. The van der Waals surface area contributed by atoms with Gasteiger partial charge in [0.05, 0.1) is 25.1 Å². The number of pyridine rings is 2. The molecule has 180 valence electrons. The second-order valence-corrected chi connectivity index (χ2v) is 8.32. The van der Waals surface area contributed by atoms with Crippen LogP contribution < -0.4 is 25.2 Å². The Labute approximate surface area is 199 Å². The standard InChI is InChI=1S/C25H32N6O3/c1-6-20-23(25(32)30(4)24(29-20)19-8-9-22(33-5)27-16(19)3)28-17-11-13-31(15-17)21-14-18(34-7-2)10-12-26-21/h8-10,12,14,17,28H,6-7,11,13,15H2,1-5H3. The molecule has 0 bridgehead atoms. The molecule has 4 rings (SSSR count). The molecule has 1 atom stereocenters. The molecule has 3 aromatic heterocycles. The lowest BCUT2D eigenvalue weighted by molar-refractivity contribution is 0.340. The minimum absolute atomic E-state index is 0.0908. The number of nitrogens with zero attached hydrogens (tertiary/aromatic N) is 5. The van der Waals surface area contributed by atoms with Crippen molar-refractivity contribution < 1.29 is 9.47 Å². The zero-order valence-electron chi connectivity index (χ0n) is 20.5. The first kappa shape index (κ1) is 23.5. The van der Waals surface area contributed by atoms with Gasteiger partial charge in [-0.15, -0.1) is 0 Å². The maximum atomic E-state index is 13.4. The van der Waals surface area contributed by atoms with Crippen molar-refractivity contribution in [1.82, 2.24) is 19.5 Å². The Bertz CT molecular complexity index is 1230. The summed E-state index contributed by atoms with van der Waals surface area (Å²) in [6.07, 6.45) is 3.31. The summed E-state index contributed by atoms with van der Waals surface area (Å²) in [5, 5.41) is 3.49. The Morgan fingerprint density at radius 3 is 2.74 bits per heavy atom. The van der Waals surface area contributed by atoms with Gasteiger partial charge in [-0.2, -0.15) is 0 Å². The zero-order valence-corrected chi connectivity index (χ0v) is 20.5. The number of ether oxygens (including phenoxy) is 2. The number of aryl methyl sites for hydroxylation is 2. The van der Waals surface area contributed by atoms with Crippen molar-refractivity contribution in [3.05, 3.63) is 52.2 Å². The summed E-state index contributed by atoms with van der Waals surface area (Å²) in [6, 6.07) is 7.63. The second kappa shape index (κ2) is 10.1. The Morgan fingerprint density at radius 2 is 2.03 bits per heavy atom. The van der Waals surface area contributed by atoms with Crippen LogP contribution >= 0.6 is 0 Å². The molecule has 3 aromatic rings. The van der Waals surface area contributed by atoms with Crippen LogP contribution in [0.3, 0.4) is 0 Å². The van der Waals surface area contributed by atoms with Crippen LogP contribution in [0.4, 0.5) is 11.5 Å². The molecule has 1 N–H and O–H groups in total. The molecule has 1 unspecified atom stereocenters. The number of rotatable bonds is 8. The molecular formula is C25H32N6O3. The van der Waals surface area contributed by atoms with E-state index in [0.717, 1.165) is 48.0 Å². The molecule has 0 amide bonds. The van der Waals surface area contributed by atoms with E-state index in [0.29, 0.717) is 30.4 Å². The second-order valence-electron chi connectivity index (χ2n) is 8.32. The molecule has 0 saturated carbocycles. The number of hydrogen-bond donors (Lipinski definition) is 1. The molecule has 9 nitrogen and oxygen atoms in total. The van der Waals surface area contributed by atoms with E-state index in [1.54, 1.807) is 31.0 Å². The van der Waals surface area contributed by atoms with E-state index in [-0.39, 0.29) is 11.6 Å². The quantitative estimate of drug-likeness (QED) is 0.543. The molecule has 1 fully saturated rings. The molecule has 1 aliphatic rings. The average molecular weight is 465 g/mol. The van der Waals surface area contributed by atoms with Gasteiger partial charge >= 0.3 is 0 Å². The van der Waals surface area contributed by atoms with E-state index in [2.05, 4.69) is 20.2 Å². The number of nitrogens with one attached hydrogen (secondary N) is 1. The Morgan fingerprint density at radius 1 is 1.21 bits per heavy atom. The highest BCUT2D eigenvalue weighted by atomic mass is 16.5. The molecule has 9 heteroatoms. The third-order valence-electron chi connectivity index (χ3n) is 6.10. The molecule has 1 aliphatic heterocycles. The van der Waals surface area contributed by atoms with Crippen LogP contribution in [-0.4, -0.2) is 52.4 Å². The lowest BCUT2D eigenvalue weighted by atomic mass is 10.1. The summed E-state index contributed by atoms with van der Waals surface area (Å²) in [6.45, 7) is 8.09. The Hall–Kier alpha value is -3.62. The maximum Gasteiger partial charge on any atom is 0.277 e. The van der Waals surface area contributed by atoms with E-state index < -0.39 is 0 Å². The van der Waals surface area contributed by atoms with Gasteiger partial charge < -0.3 is 19.7 Å². The van der Waals surface area contributed by atoms with Gasteiger partial charge in [0.15, 0.2) is 0 Å². The topological polar surface area (TPSA) is 94.4 Å². The van der Waals surface area contributed by atoms with E-state index in [4.69, 9.17) is 14.5 Å². The summed E-state index contributed by atoms with van der Waals surface area (Å²) in [4.78, 5) is 29.4. The normalized spacial score (nSPS) is 15.4. The lowest BCUT2D eigenvalue weighted by Gasteiger charge is -2.21. The van der Waals surface area contributed by atoms with Crippen LogP contribution in [0, 0.1) is 6.92 Å². The number of aromatic nitrogens is 4. The van der Waals surface area contributed by atoms with Gasteiger partial charge in [-0.1, -0.05) is 6.92 Å². The van der Waals surface area contributed by atoms with Gasteiger partial charge in [-0.25, -0.2) is 15.0 Å². The first-order valence-corrected chi connectivity index (χ1v) is 11.7. The SMILES string of the molecule is CCOc1ccnc(N2CCC(Nc3c(CC)nc(-c4ccc(OC)nc4C)n(C)c3=O)C2)c1. The highest BCUT2D eigenvalue weighted by Gasteiger charge is 2.26. The Balaban J connectivity index is 1.58. The fourth-order valence-electron chi connectivity index (χ4n) is 4.30. The predicted molar refractivity (Wildman–Crippen MR) is 133 cm³/mol. The van der Waals surface area contributed by atoms with Crippen molar-refractivity contribution in [3.8, 4) is 23.0 Å². The molecule has 34 heavy (non-hydrogen) atoms. The first-order valence-electron chi connectivity index (χ1n) is 11.7. The van der Waals surface area contributed by atoms with E-state index in [1.165, 1.54) is 0 Å². The summed E-state index contributed by atoms with van der Waals surface area (Å²) in [5.41, 5.74) is 2.80. The van der Waals surface area contributed by atoms with Crippen LogP contribution in [0.2, 0.25) is 0 Å². The van der Waals surface area contributed by atoms with Crippen molar-refractivity contribution in [1.29, 1.82) is 0 Å². The van der Waals surface area contributed by atoms with Gasteiger partial charge in [0.25, 0.3) is 5.56 Å². The van der Waals surface area contributed by atoms with Gasteiger partial charge in [0.1, 0.15) is 23.1 Å². The Kier molecular flexibility index (Phi) is 7.00. The molecule has 0 aromatic carbocycles. The van der Waals surface area contributed by atoms with Gasteiger partial charge in [-0.05, 0) is 38.8 Å². The van der Waals surface area contributed by atoms with Gasteiger partial charge in [0.2, 0.25) is 5.88 Å². The van der Waals surface area contributed by atoms with Gasteiger partial charge in [-0.3, -0.25) is 9.36 Å². The third-order valence-corrected chi connectivity index (χ3v) is 6.10. The third kappa shape index (κ3) is 4.69. The van der Waals surface area contributed by atoms with Crippen LogP contribution in [0.1, 0.15) is 31.7 Å². The summed E-state index contributed by atoms with van der Waals surface area (Å²) in [7, 11) is 3.34. The van der Waals surface area contributed by atoms with Crippen molar-refractivity contribution in [2.45, 2.75) is 39.7 Å². The fraction of sp³-hybridized carbons (Fsp3) is 0.440. The van der Waals surface area contributed by atoms with Crippen LogP contribution in [0.25, 0.3) is 11.4 Å². The van der Waals surface area contributed by atoms with Crippen LogP contribution in [0.15, 0.2) is 35.3 Å². The molecule has 0 aliphatic carbocycles. The monoisotopic (exact) mass is 464 g/mol. The maximum absolute atomic E-state index is 13.4. The van der Waals surface area contributed by atoms with Crippen LogP contribution in [0.5, 0.6) is 11.6 Å².